The van der Waals surface area contributed by atoms with E-state index in [4.69, 9.17) is 15.2 Å². The maximum absolute atomic E-state index is 6.07. The number of hydrogen-bond acceptors (Lipinski definition) is 5. The summed E-state index contributed by atoms with van der Waals surface area (Å²) in [6, 6.07) is 3.94. The summed E-state index contributed by atoms with van der Waals surface area (Å²) in [7, 11) is 0. The Morgan fingerprint density at radius 2 is 2.11 bits per heavy atom. The van der Waals surface area contributed by atoms with Gasteiger partial charge in [0.1, 0.15) is 6.10 Å². The second-order valence-electron chi connectivity index (χ2n) is 7.94. The number of guanidine groups is 1. The summed E-state index contributed by atoms with van der Waals surface area (Å²) in [5.74, 6) is 2.00. The Kier molecular flexibility index (Phi) is 8.36. The highest BCUT2D eigenvalue weighted by atomic mass is 16.5. The predicted octanol–water partition coefficient (Wildman–Crippen LogP) is 2.17. The number of aliphatic imine (C=N–C) groups is 1. The summed E-state index contributed by atoms with van der Waals surface area (Å²) in [4.78, 5) is 11.2. The summed E-state index contributed by atoms with van der Waals surface area (Å²) in [6.45, 7) is 8.47. The average Bonchev–Trinajstić information content (AvgIpc) is 2.72. The molecule has 3 N–H and O–H groups in total. The summed E-state index contributed by atoms with van der Waals surface area (Å²) < 4.78 is 11.4. The van der Waals surface area contributed by atoms with Crippen LogP contribution in [0.5, 0.6) is 5.88 Å². The van der Waals surface area contributed by atoms with Gasteiger partial charge in [0.05, 0.1) is 19.8 Å². The van der Waals surface area contributed by atoms with E-state index in [-0.39, 0.29) is 0 Å². The number of aromatic nitrogens is 1. The molecule has 7 nitrogen and oxygen atoms in total. The van der Waals surface area contributed by atoms with E-state index in [1.807, 2.05) is 12.1 Å². The second kappa shape index (κ2) is 11.2. The first-order valence-electron chi connectivity index (χ1n) is 10.6. The summed E-state index contributed by atoms with van der Waals surface area (Å²) in [6.07, 6.45) is 7.84. The van der Waals surface area contributed by atoms with Gasteiger partial charge < -0.3 is 20.5 Å². The minimum atomic E-state index is 0.292. The van der Waals surface area contributed by atoms with Crippen molar-refractivity contribution in [2.24, 2.45) is 16.6 Å². The van der Waals surface area contributed by atoms with Crippen molar-refractivity contribution in [3.05, 3.63) is 23.9 Å². The van der Waals surface area contributed by atoms with Crippen LogP contribution in [0.25, 0.3) is 0 Å². The fourth-order valence-corrected chi connectivity index (χ4v) is 3.71. The molecule has 0 atom stereocenters. The maximum Gasteiger partial charge on any atom is 0.213 e. The zero-order chi connectivity index (χ0) is 19.6. The van der Waals surface area contributed by atoms with Gasteiger partial charge in [0.25, 0.3) is 0 Å². The monoisotopic (exact) mass is 389 g/mol. The standard InChI is InChI=1S/C21H35N5O2/c1-17-3-5-19(6-4-17)28-20-15-18(7-9-23-20)16-25-21(22)24-8-2-10-26-11-13-27-14-12-26/h7,9,15,17,19H,2-6,8,10-14,16H2,1H3,(H3,22,24,25). The number of hydrogen-bond donors (Lipinski definition) is 2. The summed E-state index contributed by atoms with van der Waals surface area (Å²) in [5, 5.41) is 3.20. The predicted molar refractivity (Wildman–Crippen MR) is 111 cm³/mol. The van der Waals surface area contributed by atoms with Crippen molar-refractivity contribution < 1.29 is 9.47 Å². The van der Waals surface area contributed by atoms with E-state index in [0.29, 0.717) is 24.5 Å². The van der Waals surface area contributed by atoms with Crippen molar-refractivity contribution in [3.63, 3.8) is 0 Å². The molecule has 156 valence electrons. The highest BCUT2D eigenvalue weighted by molar-refractivity contribution is 5.77. The van der Waals surface area contributed by atoms with Gasteiger partial charge in [0, 0.05) is 31.9 Å². The molecule has 1 aromatic heterocycles. The number of morpholine rings is 1. The van der Waals surface area contributed by atoms with Crippen molar-refractivity contribution in [2.45, 2.75) is 51.7 Å². The van der Waals surface area contributed by atoms with Crippen LogP contribution in [0, 0.1) is 5.92 Å². The van der Waals surface area contributed by atoms with Crippen molar-refractivity contribution in [3.8, 4) is 5.88 Å². The van der Waals surface area contributed by atoms with Crippen LogP contribution < -0.4 is 15.8 Å². The van der Waals surface area contributed by atoms with Crippen molar-refractivity contribution in [1.82, 2.24) is 15.2 Å². The van der Waals surface area contributed by atoms with E-state index < -0.39 is 0 Å². The van der Waals surface area contributed by atoms with Crippen LogP contribution in [0.1, 0.15) is 44.6 Å². The number of pyridine rings is 1. The van der Waals surface area contributed by atoms with Crippen LogP contribution in [-0.4, -0.2) is 61.3 Å². The maximum atomic E-state index is 6.07. The highest BCUT2D eigenvalue weighted by Gasteiger charge is 2.19. The van der Waals surface area contributed by atoms with Gasteiger partial charge in [0.2, 0.25) is 5.88 Å². The van der Waals surface area contributed by atoms with Crippen molar-refractivity contribution in [2.75, 3.05) is 39.4 Å². The Hall–Kier alpha value is -1.86. The third kappa shape index (κ3) is 7.28. The van der Waals surface area contributed by atoms with Crippen molar-refractivity contribution in [1.29, 1.82) is 0 Å². The van der Waals surface area contributed by atoms with E-state index in [1.165, 1.54) is 12.8 Å². The lowest BCUT2D eigenvalue weighted by Crippen LogP contribution is -2.39. The van der Waals surface area contributed by atoms with Crippen molar-refractivity contribution >= 4 is 5.96 Å². The Labute approximate surface area is 168 Å². The average molecular weight is 390 g/mol. The van der Waals surface area contributed by atoms with Crippen LogP contribution in [0.15, 0.2) is 23.3 Å². The third-order valence-corrected chi connectivity index (χ3v) is 5.54. The zero-order valence-electron chi connectivity index (χ0n) is 17.1. The molecule has 0 spiro atoms. The fraction of sp³-hybridized carbons (Fsp3) is 0.714. The molecule has 1 aliphatic heterocycles. The largest absolute Gasteiger partial charge is 0.474 e. The van der Waals surface area contributed by atoms with Gasteiger partial charge in [-0.05, 0) is 56.2 Å². The zero-order valence-corrected chi connectivity index (χ0v) is 17.1. The van der Waals surface area contributed by atoms with Gasteiger partial charge >= 0.3 is 0 Å². The van der Waals surface area contributed by atoms with Gasteiger partial charge in [-0.1, -0.05) is 6.92 Å². The van der Waals surface area contributed by atoms with Crippen LogP contribution >= 0.6 is 0 Å². The SMILES string of the molecule is CC1CCC(Oc2cc(CN=C(N)NCCCN3CCOCC3)ccn2)CC1. The van der Waals surface area contributed by atoms with Gasteiger partial charge in [-0.3, -0.25) is 4.90 Å². The number of nitrogens with two attached hydrogens (primary N) is 1. The van der Waals surface area contributed by atoms with Gasteiger partial charge in [0.15, 0.2) is 5.96 Å². The lowest BCUT2D eigenvalue weighted by Gasteiger charge is -2.26. The molecule has 0 amide bonds. The van der Waals surface area contributed by atoms with Gasteiger partial charge in [-0.2, -0.15) is 0 Å². The molecule has 1 aliphatic carbocycles. The molecule has 1 saturated carbocycles. The van der Waals surface area contributed by atoms with Crippen LogP contribution in [-0.2, 0) is 11.3 Å². The molecule has 0 aromatic carbocycles. The number of nitrogens with zero attached hydrogens (tertiary/aromatic N) is 3. The highest BCUT2D eigenvalue weighted by Crippen LogP contribution is 2.26. The summed E-state index contributed by atoms with van der Waals surface area (Å²) >= 11 is 0. The second-order valence-corrected chi connectivity index (χ2v) is 7.94. The lowest BCUT2D eigenvalue weighted by molar-refractivity contribution is 0.0376. The molecular weight excluding hydrogens is 354 g/mol. The fourth-order valence-electron chi connectivity index (χ4n) is 3.71. The molecule has 1 saturated heterocycles. The Balaban J connectivity index is 1.36. The first kappa shape index (κ1) is 20.9. The van der Waals surface area contributed by atoms with E-state index in [2.05, 4.69) is 27.1 Å². The molecule has 0 bridgehead atoms. The van der Waals surface area contributed by atoms with Crippen LogP contribution in [0.3, 0.4) is 0 Å². The molecule has 7 heteroatoms. The molecule has 3 rings (SSSR count). The smallest absolute Gasteiger partial charge is 0.213 e. The van der Waals surface area contributed by atoms with E-state index in [1.54, 1.807) is 6.20 Å². The lowest BCUT2D eigenvalue weighted by atomic mass is 9.89. The molecular formula is C21H35N5O2. The number of ether oxygens (including phenoxy) is 2. The normalized spacial score (nSPS) is 24.1. The molecule has 2 fully saturated rings. The van der Waals surface area contributed by atoms with E-state index in [9.17, 15) is 0 Å². The third-order valence-electron chi connectivity index (χ3n) is 5.54. The Morgan fingerprint density at radius 3 is 2.89 bits per heavy atom. The molecule has 1 aromatic rings. The van der Waals surface area contributed by atoms with Gasteiger partial charge in [-0.15, -0.1) is 0 Å². The number of nitrogens with one attached hydrogen (secondary N) is 1. The molecule has 0 radical (unpaired) electrons. The topological polar surface area (TPSA) is 85.0 Å². The Morgan fingerprint density at radius 1 is 1.32 bits per heavy atom. The first-order valence-corrected chi connectivity index (χ1v) is 10.6. The van der Waals surface area contributed by atoms with Crippen LogP contribution in [0.2, 0.25) is 0 Å². The molecule has 2 aliphatic rings. The molecule has 2 heterocycles. The van der Waals surface area contributed by atoms with Gasteiger partial charge in [-0.25, -0.2) is 9.98 Å². The van der Waals surface area contributed by atoms with E-state index >= 15 is 0 Å². The minimum absolute atomic E-state index is 0.292. The Bertz CT molecular complexity index is 611. The molecule has 28 heavy (non-hydrogen) atoms. The minimum Gasteiger partial charge on any atom is -0.474 e. The number of rotatable bonds is 8. The summed E-state index contributed by atoms with van der Waals surface area (Å²) in [5.41, 5.74) is 7.06. The van der Waals surface area contributed by atoms with Crippen LogP contribution in [0.4, 0.5) is 0 Å². The quantitative estimate of drug-likeness (QED) is 0.403. The first-order chi connectivity index (χ1) is 13.7. The molecule has 0 unspecified atom stereocenters. The van der Waals surface area contributed by atoms with E-state index in [0.717, 1.165) is 70.1 Å².